The molecule has 1 aromatic heterocycles. The maximum Gasteiger partial charge on any atom is 0.326 e. The topological polar surface area (TPSA) is 97.8 Å². The second-order valence-corrected chi connectivity index (χ2v) is 11.2. The van der Waals surface area contributed by atoms with Crippen molar-refractivity contribution < 1.29 is 14.7 Å². The molecule has 1 fully saturated rings. The molecule has 0 saturated carbocycles. The van der Waals surface area contributed by atoms with E-state index in [1.807, 2.05) is 18.2 Å². The standard InChI is InChI=1S/C31H45N5O3/c1-23(2)35(19-7-6-13-26-16-15-25-12-8-18-32-29(25)33-26)21-17-27(31(38)39)34-30(37)28-14-9-20-36(28)22-24-10-4-3-5-11-24/h3-5,10-11,15-16,23,27-28H,6-9,12-14,17-22H2,1-2H3,(H,32,33)(H,34,37)(H,38,39). The van der Waals surface area contributed by atoms with E-state index in [2.05, 4.69) is 58.5 Å². The molecule has 0 aliphatic carbocycles. The molecule has 1 aromatic carbocycles. The van der Waals surface area contributed by atoms with E-state index >= 15 is 0 Å². The molecule has 1 amide bonds. The summed E-state index contributed by atoms with van der Waals surface area (Å²) in [5.74, 6) is -0.0872. The van der Waals surface area contributed by atoms with Crippen molar-refractivity contribution in [2.45, 2.75) is 89.9 Å². The van der Waals surface area contributed by atoms with Crippen LogP contribution in [0.4, 0.5) is 5.82 Å². The highest BCUT2D eigenvalue weighted by Gasteiger charge is 2.33. The number of likely N-dealkylation sites (tertiary alicyclic amines) is 1. The zero-order valence-electron chi connectivity index (χ0n) is 23.6. The van der Waals surface area contributed by atoms with Crippen molar-refractivity contribution in [3.63, 3.8) is 0 Å². The second-order valence-electron chi connectivity index (χ2n) is 11.2. The van der Waals surface area contributed by atoms with Gasteiger partial charge in [0.1, 0.15) is 11.9 Å². The Kier molecular flexibility index (Phi) is 10.7. The Morgan fingerprint density at radius 2 is 1.95 bits per heavy atom. The van der Waals surface area contributed by atoms with Crippen LogP contribution in [0.2, 0.25) is 0 Å². The molecule has 2 aliphatic heterocycles. The van der Waals surface area contributed by atoms with E-state index in [4.69, 9.17) is 4.98 Å². The lowest BCUT2D eigenvalue weighted by Crippen LogP contribution is -2.50. The summed E-state index contributed by atoms with van der Waals surface area (Å²) in [6.07, 6.45) is 7.36. The first kappa shape index (κ1) is 29.0. The van der Waals surface area contributed by atoms with E-state index in [1.165, 1.54) is 17.5 Å². The van der Waals surface area contributed by atoms with Gasteiger partial charge >= 0.3 is 5.97 Å². The average Bonchev–Trinajstić information content (AvgIpc) is 3.40. The largest absolute Gasteiger partial charge is 0.480 e. The average molecular weight is 536 g/mol. The van der Waals surface area contributed by atoms with Crippen molar-refractivity contribution >= 4 is 17.7 Å². The third kappa shape index (κ3) is 8.51. The summed E-state index contributed by atoms with van der Waals surface area (Å²) < 4.78 is 0. The number of aryl methyl sites for hydroxylation is 2. The molecule has 39 heavy (non-hydrogen) atoms. The Bertz CT molecular complexity index is 1080. The van der Waals surface area contributed by atoms with E-state index in [9.17, 15) is 14.7 Å². The number of rotatable bonds is 14. The molecular weight excluding hydrogens is 490 g/mol. The molecule has 8 heteroatoms. The van der Waals surface area contributed by atoms with Crippen molar-refractivity contribution in [2.24, 2.45) is 0 Å². The summed E-state index contributed by atoms with van der Waals surface area (Å²) >= 11 is 0. The smallest absolute Gasteiger partial charge is 0.326 e. The van der Waals surface area contributed by atoms with Crippen LogP contribution in [0.25, 0.3) is 0 Å². The first-order valence-electron chi connectivity index (χ1n) is 14.7. The highest BCUT2D eigenvalue weighted by Crippen LogP contribution is 2.22. The first-order valence-corrected chi connectivity index (χ1v) is 14.7. The third-order valence-electron chi connectivity index (χ3n) is 8.02. The maximum atomic E-state index is 13.1. The summed E-state index contributed by atoms with van der Waals surface area (Å²) in [6.45, 7) is 8.37. The third-order valence-corrected chi connectivity index (χ3v) is 8.02. The van der Waals surface area contributed by atoms with E-state index in [-0.39, 0.29) is 11.9 Å². The predicted octanol–water partition coefficient (Wildman–Crippen LogP) is 4.10. The minimum atomic E-state index is -0.966. The molecule has 2 aromatic rings. The summed E-state index contributed by atoms with van der Waals surface area (Å²) in [5.41, 5.74) is 3.60. The van der Waals surface area contributed by atoms with Crippen LogP contribution in [0.3, 0.4) is 0 Å². The number of carbonyl (C=O) groups excluding carboxylic acids is 1. The molecular formula is C31H45N5O3. The van der Waals surface area contributed by atoms with Gasteiger partial charge in [0.05, 0.1) is 6.04 Å². The number of anilines is 1. The van der Waals surface area contributed by atoms with Crippen LogP contribution in [0.5, 0.6) is 0 Å². The number of hydrogen-bond acceptors (Lipinski definition) is 6. The number of benzene rings is 1. The summed E-state index contributed by atoms with van der Waals surface area (Å²) in [4.78, 5) is 34.5. The van der Waals surface area contributed by atoms with Crippen molar-refractivity contribution in [3.05, 3.63) is 59.3 Å². The van der Waals surface area contributed by atoms with Crippen molar-refractivity contribution in [1.82, 2.24) is 20.1 Å². The molecule has 2 atom stereocenters. The van der Waals surface area contributed by atoms with Crippen LogP contribution in [0, 0.1) is 0 Å². The van der Waals surface area contributed by atoms with Gasteiger partial charge < -0.3 is 20.6 Å². The monoisotopic (exact) mass is 535 g/mol. The Labute approximate surface area is 233 Å². The zero-order chi connectivity index (χ0) is 27.6. The number of carbonyl (C=O) groups is 2. The van der Waals surface area contributed by atoms with Gasteiger partial charge in [0.2, 0.25) is 5.91 Å². The molecule has 3 heterocycles. The highest BCUT2D eigenvalue weighted by molar-refractivity contribution is 5.87. The summed E-state index contributed by atoms with van der Waals surface area (Å²) in [7, 11) is 0. The van der Waals surface area contributed by atoms with E-state index < -0.39 is 12.0 Å². The van der Waals surface area contributed by atoms with Crippen LogP contribution in [0.1, 0.15) is 69.2 Å². The Morgan fingerprint density at radius 3 is 2.72 bits per heavy atom. The Morgan fingerprint density at radius 1 is 1.13 bits per heavy atom. The van der Waals surface area contributed by atoms with Crippen LogP contribution in [0.15, 0.2) is 42.5 Å². The molecule has 8 nitrogen and oxygen atoms in total. The van der Waals surface area contributed by atoms with E-state index in [0.29, 0.717) is 25.6 Å². The lowest BCUT2D eigenvalue weighted by atomic mass is 10.1. The zero-order valence-corrected chi connectivity index (χ0v) is 23.6. The lowest BCUT2D eigenvalue weighted by molar-refractivity contribution is -0.143. The molecule has 0 spiro atoms. The number of pyridine rings is 1. The number of nitrogens with zero attached hydrogens (tertiary/aromatic N) is 3. The molecule has 2 unspecified atom stereocenters. The van der Waals surface area contributed by atoms with Crippen molar-refractivity contribution in [1.29, 1.82) is 0 Å². The van der Waals surface area contributed by atoms with Gasteiger partial charge in [0.25, 0.3) is 0 Å². The number of unbranched alkanes of at least 4 members (excludes halogenated alkanes) is 1. The normalized spacial score (nSPS) is 18.1. The van der Waals surface area contributed by atoms with Crippen molar-refractivity contribution in [2.75, 3.05) is 31.5 Å². The van der Waals surface area contributed by atoms with Gasteiger partial charge in [-0.1, -0.05) is 36.4 Å². The van der Waals surface area contributed by atoms with Gasteiger partial charge in [0.15, 0.2) is 0 Å². The number of carboxylic acid groups (broad SMARTS) is 1. The van der Waals surface area contributed by atoms with Gasteiger partial charge in [-0.3, -0.25) is 9.69 Å². The number of hydrogen-bond donors (Lipinski definition) is 3. The Balaban J connectivity index is 1.23. The fraction of sp³-hybridized carbons (Fsp3) is 0.581. The first-order chi connectivity index (χ1) is 18.9. The predicted molar refractivity (Wildman–Crippen MR) is 155 cm³/mol. The quantitative estimate of drug-likeness (QED) is 0.314. The van der Waals surface area contributed by atoms with Crippen LogP contribution in [-0.4, -0.2) is 76.1 Å². The van der Waals surface area contributed by atoms with Crippen LogP contribution < -0.4 is 10.6 Å². The molecule has 4 rings (SSSR count). The highest BCUT2D eigenvalue weighted by atomic mass is 16.4. The SMILES string of the molecule is CC(C)N(CCCCc1ccc2c(n1)NCCC2)CCC(NC(=O)C1CCCN1Cc1ccccc1)C(=O)O. The second kappa shape index (κ2) is 14.4. The van der Waals surface area contributed by atoms with Crippen molar-refractivity contribution in [3.8, 4) is 0 Å². The molecule has 2 aliphatic rings. The van der Waals surface area contributed by atoms with Gasteiger partial charge in [-0.15, -0.1) is 0 Å². The van der Waals surface area contributed by atoms with Gasteiger partial charge in [-0.2, -0.15) is 0 Å². The van der Waals surface area contributed by atoms with E-state index in [0.717, 1.165) is 69.7 Å². The maximum absolute atomic E-state index is 13.1. The summed E-state index contributed by atoms with van der Waals surface area (Å²) in [5, 5.41) is 16.2. The Hall–Kier alpha value is -2.97. The van der Waals surface area contributed by atoms with Gasteiger partial charge in [-0.25, -0.2) is 9.78 Å². The molecule has 212 valence electrons. The number of nitrogens with one attached hydrogen (secondary N) is 2. The summed E-state index contributed by atoms with van der Waals surface area (Å²) in [6, 6.07) is 13.6. The van der Waals surface area contributed by atoms with E-state index in [1.54, 1.807) is 0 Å². The molecule has 0 radical (unpaired) electrons. The molecule has 3 N–H and O–H groups in total. The number of aliphatic carboxylic acids is 1. The minimum absolute atomic E-state index is 0.168. The van der Waals surface area contributed by atoms with Gasteiger partial charge in [-0.05, 0) is 95.5 Å². The van der Waals surface area contributed by atoms with Crippen LogP contribution in [-0.2, 0) is 29.0 Å². The number of aromatic nitrogens is 1. The number of amides is 1. The van der Waals surface area contributed by atoms with Gasteiger partial charge in [0, 0.05) is 31.4 Å². The molecule has 1 saturated heterocycles. The minimum Gasteiger partial charge on any atom is -0.480 e. The lowest BCUT2D eigenvalue weighted by Gasteiger charge is -2.29. The number of carboxylic acids is 1. The van der Waals surface area contributed by atoms with Crippen LogP contribution >= 0.6 is 0 Å². The molecule has 0 bridgehead atoms. The fourth-order valence-corrected chi connectivity index (χ4v) is 5.71. The number of fused-ring (bicyclic) bond motifs is 1. The fourth-order valence-electron chi connectivity index (χ4n) is 5.71.